The van der Waals surface area contributed by atoms with E-state index in [0.717, 1.165) is 36.4 Å². The Labute approximate surface area is 118 Å². The van der Waals surface area contributed by atoms with E-state index >= 15 is 0 Å². The summed E-state index contributed by atoms with van der Waals surface area (Å²) >= 11 is 0. The Hall–Kier alpha value is -2.48. The zero-order valence-electron chi connectivity index (χ0n) is 10.4. The van der Waals surface area contributed by atoms with Crippen LogP contribution in [0.4, 0.5) is 14.5 Å². The number of carbonyl (C=O) groups is 1. The van der Waals surface area contributed by atoms with E-state index < -0.39 is 27.6 Å². The molecule has 110 valence electrons. The fourth-order valence-electron chi connectivity index (χ4n) is 1.55. The first-order chi connectivity index (χ1) is 9.79. The molecule has 0 aliphatic carbocycles. The summed E-state index contributed by atoms with van der Waals surface area (Å²) in [4.78, 5) is 10.5. The van der Waals surface area contributed by atoms with Crippen LogP contribution in [0, 0.1) is 11.6 Å². The molecule has 0 atom stereocenters. The minimum Gasteiger partial charge on any atom is -0.478 e. The molecule has 0 aromatic heterocycles. The number of nitrogens with one attached hydrogen (secondary N) is 1. The minimum atomic E-state index is -4.02. The number of carboxylic acids is 1. The van der Waals surface area contributed by atoms with Crippen molar-refractivity contribution in [1.29, 1.82) is 0 Å². The van der Waals surface area contributed by atoms with Gasteiger partial charge in [0.1, 0.15) is 0 Å². The second kappa shape index (κ2) is 5.49. The average molecular weight is 313 g/mol. The molecular weight excluding hydrogens is 304 g/mol. The van der Waals surface area contributed by atoms with Gasteiger partial charge in [-0.15, -0.1) is 0 Å². The fraction of sp³-hybridized carbons (Fsp3) is 0. The zero-order valence-corrected chi connectivity index (χ0v) is 11.2. The Bertz CT molecular complexity index is 788. The molecule has 2 aromatic carbocycles. The summed E-state index contributed by atoms with van der Waals surface area (Å²) in [7, 11) is -4.02. The van der Waals surface area contributed by atoms with Crippen LogP contribution in [0.2, 0.25) is 0 Å². The van der Waals surface area contributed by atoms with Gasteiger partial charge in [-0.25, -0.2) is 22.0 Å². The molecule has 0 aliphatic heterocycles. The molecule has 2 N–H and O–H groups in total. The average Bonchev–Trinajstić information content (AvgIpc) is 2.43. The number of hydrogen-bond donors (Lipinski definition) is 2. The van der Waals surface area contributed by atoms with Crippen LogP contribution in [0.5, 0.6) is 0 Å². The molecule has 0 heterocycles. The largest absolute Gasteiger partial charge is 0.478 e. The number of halogens is 2. The summed E-state index contributed by atoms with van der Waals surface area (Å²) in [5, 5.41) is 8.73. The van der Waals surface area contributed by atoms with Gasteiger partial charge in [0, 0.05) is 6.07 Å². The molecule has 0 saturated heterocycles. The summed E-state index contributed by atoms with van der Waals surface area (Å²) in [6.07, 6.45) is 0. The van der Waals surface area contributed by atoms with Gasteiger partial charge >= 0.3 is 5.97 Å². The third kappa shape index (κ3) is 3.34. The lowest BCUT2D eigenvalue weighted by Crippen LogP contribution is -2.13. The summed E-state index contributed by atoms with van der Waals surface area (Å²) in [6.45, 7) is 0. The van der Waals surface area contributed by atoms with Gasteiger partial charge in [0.25, 0.3) is 10.0 Å². The van der Waals surface area contributed by atoms with Gasteiger partial charge in [0.15, 0.2) is 11.6 Å². The SMILES string of the molecule is O=C(O)c1ccc(S(=O)(=O)Nc2ccc(F)c(F)c2)cc1. The molecule has 21 heavy (non-hydrogen) atoms. The number of aromatic carboxylic acids is 1. The quantitative estimate of drug-likeness (QED) is 0.908. The van der Waals surface area contributed by atoms with Gasteiger partial charge < -0.3 is 5.11 Å². The maximum atomic E-state index is 13.0. The second-order valence-corrected chi connectivity index (χ2v) is 5.75. The Morgan fingerprint density at radius 3 is 2.14 bits per heavy atom. The number of anilines is 1. The Morgan fingerprint density at radius 2 is 1.62 bits per heavy atom. The van der Waals surface area contributed by atoms with Gasteiger partial charge in [-0.2, -0.15) is 0 Å². The fourth-order valence-corrected chi connectivity index (χ4v) is 2.60. The lowest BCUT2D eigenvalue weighted by atomic mass is 10.2. The van der Waals surface area contributed by atoms with Crippen molar-refractivity contribution < 1.29 is 27.1 Å². The predicted octanol–water partition coefficient (Wildman–Crippen LogP) is 2.46. The van der Waals surface area contributed by atoms with E-state index in [9.17, 15) is 22.0 Å². The van der Waals surface area contributed by atoms with E-state index in [0.29, 0.717) is 6.07 Å². The molecule has 0 amide bonds. The molecule has 0 aliphatic rings. The molecule has 0 unspecified atom stereocenters. The third-order valence-corrected chi connectivity index (χ3v) is 3.98. The van der Waals surface area contributed by atoms with E-state index in [1.54, 1.807) is 0 Å². The molecule has 0 radical (unpaired) electrons. The van der Waals surface area contributed by atoms with Crippen LogP contribution >= 0.6 is 0 Å². The van der Waals surface area contributed by atoms with Gasteiger partial charge in [-0.3, -0.25) is 4.72 Å². The van der Waals surface area contributed by atoms with Gasteiger partial charge in [-0.1, -0.05) is 0 Å². The normalized spacial score (nSPS) is 11.1. The predicted molar refractivity (Wildman–Crippen MR) is 70.6 cm³/mol. The van der Waals surface area contributed by atoms with E-state index in [2.05, 4.69) is 4.72 Å². The first-order valence-corrected chi connectivity index (χ1v) is 7.09. The maximum absolute atomic E-state index is 13.0. The molecule has 2 aromatic rings. The van der Waals surface area contributed by atoms with Gasteiger partial charge in [-0.05, 0) is 36.4 Å². The topological polar surface area (TPSA) is 83.5 Å². The van der Waals surface area contributed by atoms with Crippen LogP contribution in [0.3, 0.4) is 0 Å². The van der Waals surface area contributed by atoms with Gasteiger partial charge in [0.05, 0.1) is 16.1 Å². The lowest BCUT2D eigenvalue weighted by molar-refractivity contribution is 0.0696. The molecule has 0 spiro atoms. The smallest absolute Gasteiger partial charge is 0.335 e. The number of carboxylic acid groups (broad SMARTS) is 1. The minimum absolute atomic E-state index is 0.0678. The van der Waals surface area contributed by atoms with E-state index in [4.69, 9.17) is 5.11 Å². The molecule has 0 saturated carbocycles. The summed E-state index contributed by atoms with van der Waals surface area (Å²) in [6, 6.07) is 7.03. The monoisotopic (exact) mass is 313 g/mol. The molecule has 2 rings (SSSR count). The zero-order chi connectivity index (χ0) is 15.6. The third-order valence-electron chi connectivity index (χ3n) is 2.58. The first kappa shape index (κ1) is 14.9. The number of rotatable bonds is 4. The lowest BCUT2D eigenvalue weighted by Gasteiger charge is -2.08. The highest BCUT2D eigenvalue weighted by molar-refractivity contribution is 7.92. The van der Waals surface area contributed by atoms with Crippen LogP contribution < -0.4 is 4.72 Å². The van der Waals surface area contributed by atoms with E-state index in [1.165, 1.54) is 0 Å². The second-order valence-electron chi connectivity index (χ2n) is 4.06. The van der Waals surface area contributed by atoms with Crippen LogP contribution in [0.25, 0.3) is 0 Å². The highest BCUT2D eigenvalue weighted by atomic mass is 32.2. The standard InChI is InChI=1S/C13H9F2NO4S/c14-11-6-3-9(7-12(11)15)16-21(19,20)10-4-1-8(2-5-10)13(17)18/h1-7,16H,(H,17,18). The maximum Gasteiger partial charge on any atom is 0.335 e. The van der Waals surface area contributed by atoms with Crippen molar-refractivity contribution in [2.24, 2.45) is 0 Å². The molecule has 0 bridgehead atoms. The van der Waals surface area contributed by atoms with Crippen LogP contribution in [0.1, 0.15) is 10.4 Å². The first-order valence-electron chi connectivity index (χ1n) is 5.61. The van der Waals surface area contributed by atoms with Gasteiger partial charge in [0.2, 0.25) is 0 Å². The molecular formula is C13H9F2NO4S. The van der Waals surface area contributed by atoms with Crippen molar-refractivity contribution >= 4 is 21.7 Å². The Morgan fingerprint density at radius 1 is 1.00 bits per heavy atom. The summed E-state index contributed by atoms with van der Waals surface area (Å²) in [5.41, 5.74) is -0.210. The molecule has 5 nitrogen and oxygen atoms in total. The summed E-state index contributed by atoms with van der Waals surface area (Å²) in [5.74, 6) is -3.47. The molecule has 8 heteroatoms. The van der Waals surface area contributed by atoms with Crippen LogP contribution in [0.15, 0.2) is 47.4 Å². The highest BCUT2D eigenvalue weighted by Crippen LogP contribution is 2.18. The number of sulfonamides is 1. The van der Waals surface area contributed by atoms with Crippen molar-refractivity contribution in [3.8, 4) is 0 Å². The van der Waals surface area contributed by atoms with Crippen molar-refractivity contribution in [3.05, 3.63) is 59.7 Å². The Balaban J connectivity index is 2.29. The summed E-state index contributed by atoms with van der Waals surface area (Å²) < 4.78 is 51.9. The number of benzene rings is 2. The number of hydrogen-bond acceptors (Lipinski definition) is 3. The highest BCUT2D eigenvalue weighted by Gasteiger charge is 2.16. The molecule has 0 fully saturated rings. The van der Waals surface area contributed by atoms with Crippen molar-refractivity contribution in [2.75, 3.05) is 4.72 Å². The van der Waals surface area contributed by atoms with Crippen molar-refractivity contribution in [2.45, 2.75) is 4.90 Å². The van der Waals surface area contributed by atoms with E-state index in [1.807, 2.05) is 0 Å². The van der Waals surface area contributed by atoms with Crippen molar-refractivity contribution in [3.63, 3.8) is 0 Å². The van der Waals surface area contributed by atoms with Crippen LogP contribution in [-0.4, -0.2) is 19.5 Å². The van der Waals surface area contributed by atoms with Crippen molar-refractivity contribution in [1.82, 2.24) is 0 Å². The van der Waals surface area contributed by atoms with Crippen LogP contribution in [-0.2, 0) is 10.0 Å². The Kier molecular flexibility index (Phi) is 3.90. The van der Waals surface area contributed by atoms with E-state index in [-0.39, 0.29) is 16.1 Å².